The first-order valence-electron chi connectivity index (χ1n) is 7.27. The van der Waals surface area contributed by atoms with Crippen LogP contribution in [0.3, 0.4) is 0 Å². The second-order valence-corrected chi connectivity index (χ2v) is 5.16. The van der Waals surface area contributed by atoms with Crippen molar-refractivity contribution in [2.45, 2.75) is 13.0 Å². The molecule has 3 rings (SSSR count). The van der Waals surface area contributed by atoms with Gasteiger partial charge in [-0.15, -0.1) is 0 Å². The lowest BCUT2D eigenvalue weighted by Crippen LogP contribution is -2.00. The summed E-state index contributed by atoms with van der Waals surface area (Å²) >= 11 is 0. The normalized spacial score (nSPS) is 10.7. The van der Waals surface area contributed by atoms with E-state index in [2.05, 4.69) is 72.0 Å². The molecule has 0 aliphatic heterocycles. The molecule has 21 heavy (non-hydrogen) atoms. The molecule has 0 fully saturated rings. The number of rotatable bonds is 5. The maximum atomic E-state index is 8.93. The Labute approximate surface area is 125 Å². The minimum Gasteiger partial charge on any atom is -0.396 e. The van der Waals surface area contributed by atoms with Crippen LogP contribution in [0.1, 0.15) is 11.1 Å². The minimum absolute atomic E-state index is 0.197. The number of anilines is 1. The van der Waals surface area contributed by atoms with Crippen LogP contribution in [0.15, 0.2) is 66.7 Å². The highest BCUT2D eigenvalue weighted by Gasteiger charge is 2.00. The molecule has 3 aromatic rings. The second kappa shape index (κ2) is 6.42. The first-order chi connectivity index (χ1) is 10.4. The minimum atomic E-state index is 0.197. The monoisotopic (exact) mass is 277 g/mol. The number of fused-ring (bicyclic) bond motifs is 1. The van der Waals surface area contributed by atoms with E-state index >= 15 is 0 Å². The zero-order valence-corrected chi connectivity index (χ0v) is 11.9. The van der Waals surface area contributed by atoms with E-state index in [-0.39, 0.29) is 6.61 Å². The summed E-state index contributed by atoms with van der Waals surface area (Å²) in [6.45, 7) is 1.00. The second-order valence-electron chi connectivity index (χ2n) is 5.16. The van der Waals surface area contributed by atoms with Crippen molar-refractivity contribution in [3.05, 3.63) is 77.9 Å². The van der Waals surface area contributed by atoms with Crippen LogP contribution >= 0.6 is 0 Å². The Morgan fingerprint density at radius 2 is 1.57 bits per heavy atom. The van der Waals surface area contributed by atoms with E-state index in [9.17, 15) is 0 Å². The smallest absolute Gasteiger partial charge is 0.0471 e. The van der Waals surface area contributed by atoms with Crippen LogP contribution in [0.5, 0.6) is 0 Å². The summed E-state index contributed by atoms with van der Waals surface area (Å²) in [7, 11) is 0. The highest BCUT2D eigenvalue weighted by atomic mass is 16.2. The molecular formula is C19H19NO. The quantitative estimate of drug-likeness (QED) is 0.739. The molecule has 3 aromatic carbocycles. The van der Waals surface area contributed by atoms with Crippen molar-refractivity contribution in [2.24, 2.45) is 0 Å². The summed E-state index contributed by atoms with van der Waals surface area (Å²) in [5, 5.41) is 15.0. The van der Waals surface area contributed by atoms with Gasteiger partial charge in [0.05, 0.1) is 0 Å². The van der Waals surface area contributed by atoms with Gasteiger partial charge in [-0.1, -0.05) is 54.6 Å². The predicted octanol–water partition coefficient (Wildman–Crippen LogP) is 3.99. The average molecular weight is 277 g/mol. The van der Waals surface area contributed by atoms with Gasteiger partial charge < -0.3 is 10.4 Å². The molecule has 0 bridgehead atoms. The van der Waals surface area contributed by atoms with Crippen LogP contribution in [0, 0.1) is 0 Å². The fourth-order valence-corrected chi connectivity index (χ4v) is 2.56. The van der Waals surface area contributed by atoms with Gasteiger partial charge in [0, 0.05) is 18.8 Å². The summed E-state index contributed by atoms with van der Waals surface area (Å²) in [4.78, 5) is 0. The maximum absolute atomic E-state index is 8.93. The summed E-state index contributed by atoms with van der Waals surface area (Å²) in [6.07, 6.45) is 0.712. The molecule has 2 nitrogen and oxygen atoms in total. The van der Waals surface area contributed by atoms with Gasteiger partial charge >= 0.3 is 0 Å². The number of aliphatic hydroxyl groups excluding tert-OH is 1. The maximum Gasteiger partial charge on any atom is 0.0471 e. The Bertz CT molecular complexity index is 714. The standard InChI is InChI=1S/C19H19NO/c21-13-12-15-8-10-18(11-9-15)20-14-17-6-3-5-16-4-1-2-7-19(16)17/h1-11,20-21H,12-14H2. The third kappa shape index (κ3) is 3.23. The first-order valence-corrected chi connectivity index (χ1v) is 7.27. The molecule has 0 saturated carbocycles. The Kier molecular flexibility index (Phi) is 4.17. The number of benzene rings is 3. The topological polar surface area (TPSA) is 32.3 Å². The zero-order chi connectivity index (χ0) is 14.5. The van der Waals surface area contributed by atoms with E-state index in [1.165, 1.54) is 16.3 Å². The molecule has 0 radical (unpaired) electrons. The molecule has 0 atom stereocenters. The Morgan fingerprint density at radius 3 is 2.38 bits per heavy atom. The molecule has 0 unspecified atom stereocenters. The molecular weight excluding hydrogens is 258 g/mol. The van der Waals surface area contributed by atoms with Gasteiger partial charge in [0.2, 0.25) is 0 Å². The van der Waals surface area contributed by atoms with Crippen molar-refractivity contribution in [2.75, 3.05) is 11.9 Å². The lowest BCUT2D eigenvalue weighted by Gasteiger charge is -2.10. The number of nitrogens with one attached hydrogen (secondary N) is 1. The Hall–Kier alpha value is -2.32. The summed E-state index contributed by atoms with van der Waals surface area (Å²) in [5.74, 6) is 0. The summed E-state index contributed by atoms with van der Waals surface area (Å²) in [5.41, 5.74) is 3.56. The molecule has 0 saturated heterocycles. The Balaban J connectivity index is 1.74. The highest BCUT2D eigenvalue weighted by molar-refractivity contribution is 5.85. The van der Waals surface area contributed by atoms with Gasteiger partial charge in [-0.25, -0.2) is 0 Å². The Morgan fingerprint density at radius 1 is 0.810 bits per heavy atom. The predicted molar refractivity (Wildman–Crippen MR) is 88.5 cm³/mol. The molecule has 2 N–H and O–H groups in total. The zero-order valence-electron chi connectivity index (χ0n) is 11.9. The molecule has 0 aromatic heterocycles. The van der Waals surface area contributed by atoms with Crippen LogP contribution < -0.4 is 5.32 Å². The van der Waals surface area contributed by atoms with E-state index in [1.807, 2.05) is 0 Å². The molecule has 0 amide bonds. The third-order valence-electron chi connectivity index (χ3n) is 3.72. The summed E-state index contributed by atoms with van der Waals surface area (Å²) in [6, 6.07) is 23.1. The van der Waals surface area contributed by atoms with E-state index in [0.717, 1.165) is 17.8 Å². The van der Waals surface area contributed by atoms with Crippen molar-refractivity contribution < 1.29 is 5.11 Å². The van der Waals surface area contributed by atoms with Crippen LogP contribution in [0.2, 0.25) is 0 Å². The molecule has 106 valence electrons. The lowest BCUT2D eigenvalue weighted by atomic mass is 10.0. The van der Waals surface area contributed by atoms with Crippen LogP contribution in [-0.4, -0.2) is 11.7 Å². The van der Waals surface area contributed by atoms with Gasteiger partial charge in [-0.2, -0.15) is 0 Å². The van der Waals surface area contributed by atoms with E-state index in [4.69, 9.17) is 5.11 Å². The van der Waals surface area contributed by atoms with Crippen molar-refractivity contribution in [1.29, 1.82) is 0 Å². The van der Waals surface area contributed by atoms with Crippen molar-refractivity contribution >= 4 is 16.5 Å². The lowest BCUT2D eigenvalue weighted by molar-refractivity contribution is 0.299. The van der Waals surface area contributed by atoms with Crippen molar-refractivity contribution in [1.82, 2.24) is 0 Å². The molecule has 0 spiro atoms. The van der Waals surface area contributed by atoms with E-state index in [0.29, 0.717) is 6.42 Å². The van der Waals surface area contributed by atoms with Gasteiger partial charge in [0.25, 0.3) is 0 Å². The van der Waals surface area contributed by atoms with E-state index < -0.39 is 0 Å². The van der Waals surface area contributed by atoms with Gasteiger partial charge in [-0.3, -0.25) is 0 Å². The largest absolute Gasteiger partial charge is 0.396 e. The van der Waals surface area contributed by atoms with Crippen molar-refractivity contribution in [3.63, 3.8) is 0 Å². The first kappa shape index (κ1) is 13.7. The SMILES string of the molecule is OCCc1ccc(NCc2cccc3ccccc23)cc1. The van der Waals surface area contributed by atoms with Crippen molar-refractivity contribution in [3.8, 4) is 0 Å². The molecule has 2 heteroatoms. The van der Waals surface area contributed by atoms with Crippen LogP contribution in [0.25, 0.3) is 10.8 Å². The fourth-order valence-electron chi connectivity index (χ4n) is 2.56. The average Bonchev–Trinajstić information content (AvgIpc) is 2.54. The molecule has 0 heterocycles. The van der Waals surface area contributed by atoms with Crippen LogP contribution in [0.4, 0.5) is 5.69 Å². The van der Waals surface area contributed by atoms with E-state index in [1.54, 1.807) is 0 Å². The fraction of sp³-hybridized carbons (Fsp3) is 0.158. The van der Waals surface area contributed by atoms with Gasteiger partial charge in [-0.05, 0) is 40.5 Å². The number of aliphatic hydroxyl groups is 1. The molecule has 0 aliphatic carbocycles. The molecule has 0 aliphatic rings. The van der Waals surface area contributed by atoms with Crippen LogP contribution in [-0.2, 0) is 13.0 Å². The highest BCUT2D eigenvalue weighted by Crippen LogP contribution is 2.20. The third-order valence-corrected chi connectivity index (χ3v) is 3.72. The number of hydrogen-bond donors (Lipinski definition) is 2. The summed E-state index contributed by atoms with van der Waals surface area (Å²) < 4.78 is 0. The van der Waals surface area contributed by atoms with Gasteiger partial charge in [0.15, 0.2) is 0 Å². The van der Waals surface area contributed by atoms with Gasteiger partial charge in [0.1, 0.15) is 0 Å². The number of hydrogen-bond acceptors (Lipinski definition) is 2.